The number of pyridine rings is 1. The summed E-state index contributed by atoms with van der Waals surface area (Å²) in [6.07, 6.45) is 1.21. The number of esters is 1. The molecule has 0 saturated heterocycles. The molecule has 0 fully saturated rings. The molecule has 0 bridgehead atoms. The first kappa shape index (κ1) is 12.4. The van der Waals surface area contributed by atoms with Crippen LogP contribution in [0.2, 0.25) is 0 Å². The lowest BCUT2D eigenvalue weighted by molar-refractivity contribution is -0.157. The maximum Gasteiger partial charge on any atom is 0.344 e. The van der Waals surface area contributed by atoms with Crippen molar-refractivity contribution in [1.82, 2.24) is 4.98 Å². The van der Waals surface area contributed by atoms with Gasteiger partial charge in [0.1, 0.15) is 11.4 Å². The summed E-state index contributed by atoms with van der Waals surface area (Å²) in [7, 11) is 0. The molecule has 0 atom stereocenters. The van der Waals surface area contributed by atoms with Crippen LogP contribution in [-0.4, -0.2) is 23.2 Å². The van der Waals surface area contributed by atoms with Gasteiger partial charge in [0.15, 0.2) is 6.61 Å². The standard InChI is InChI=1S/C11H14FNO3/c1-11(2,3)16-10(14)7-15-8-4-5-9(12)13-6-8/h4-6H,7H2,1-3H3. The smallest absolute Gasteiger partial charge is 0.344 e. The van der Waals surface area contributed by atoms with Crippen molar-refractivity contribution >= 4 is 5.97 Å². The molecule has 0 radical (unpaired) electrons. The summed E-state index contributed by atoms with van der Waals surface area (Å²) in [5.74, 6) is -0.742. The Morgan fingerprint density at radius 3 is 2.62 bits per heavy atom. The Balaban J connectivity index is 2.40. The molecule has 1 aromatic rings. The van der Waals surface area contributed by atoms with Crippen LogP contribution < -0.4 is 4.74 Å². The van der Waals surface area contributed by atoms with Crippen molar-refractivity contribution < 1.29 is 18.7 Å². The van der Waals surface area contributed by atoms with Crippen molar-refractivity contribution in [2.45, 2.75) is 26.4 Å². The van der Waals surface area contributed by atoms with Gasteiger partial charge in [0, 0.05) is 0 Å². The minimum atomic E-state index is -0.593. The summed E-state index contributed by atoms with van der Waals surface area (Å²) in [4.78, 5) is 14.6. The zero-order valence-electron chi connectivity index (χ0n) is 9.49. The number of hydrogen-bond donors (Lipinski definition) is 0. The average Bonchev–Trinajstić information content (AvgIpc) is 2.14. The molecule has 1 rings (SSSR count). The highest BCUT2D eigenvalue weighted by atomic mass is 19.1. The normalized spacial score (nSPS) is 11.0. The van der Waals surface area contributed by atoms with E-state index in [-0.39, 0.29) is 6.61 Å². The van der Waals surface area contributed by atoms with E-state index in [1.807, 2.05) is 0 Å². The molecule has 0 spiro atoms. The molecule has 1 heterocycles. The lowest BCUT2D eigenvalue weighted by Gasteiger charge is -2.19. The summed E-state index contributed by atoms with van der Waals surface area (Å²) in [5, 5.41) is 0. The molecule has 5 heteroatoms. The minimum Gasteiger partial charge on any atom is -0.480 e. The van der Waals surface area contributed by atoms with Crippen LogP contribution in [0.1, 0.15) is 20.8 Å². The fourth-order valence-electron chi connectivity index (χ4n) is 0.961. The van der Waals surface area contributed by atoms with E-state index in [2.05, 4.69) is 4.98 Å². The monoisotopic (exact) mass is 227 g/mol. The summed E-state index contributed by atoms with van der Waals surface area (Å²) < 4.78 is 22.5. The molecule has 0 aliphatic rings. The Morgan fingerprint density at radius 2 is 2.12 bits per heavy atom. The maximum absolute atomic E-state index is 12.4. The molecule has 0 saturated carbocycles. The van der Waals surface area contributed by atoms with E-state index in [1.54, 1.807) is 20.8 Å². The molecule has 0 unspecified atom stereocenters. The van der Waals surface area contributed by atoms with E-state index in [1.165, 1.54) is 12.3 Å². The first-order valence-electron chi connectivity index (χ1n) is 4.83. The molecule has 4 nitrogen and oxygen atoms in total. The Hall–Kier alpha value is -1.65. The molecule has 0 N–H and O–H groups in total. The van der Waals surface area contributed by atoms with Crippen LogP contribution in [0.5, 0.6) is 5.75 Å². The molecular weight excluding hydrogens is 213 g/mol. The predicted molar refractivity (Wildman–Crippen MR) is 55.5 cm³/mol. The summed E-state index contributed by atoms with van der Waals surface area (Å²) in [6.45, 7) is 5.09. The molecule has 0 amide bonds. The van der Waals surface area contributed by atoms with Crippen LogP contribution in [0.15, 0.2) is 18.3 Å². The quantitative estimate of drug-likeness (QED) is 0.585. The summed E-state index contributed by atoms with van der Waals surface area (Å²) in [5.41, 5.74) is -0.540. The SMILES string of the molecule is CC(C)(C)OC(=O)COc1ccc(F)nc1. The molecule has 0 aliphatic carbocycles. The number of aromatic nitrogens is 1. The average molecular weight is 227 g/mol. The van der Waals surface area contributed by atoms with Crippen LogP contribution in [0.25, 0.3) is 0 Å². The van der Waals surface area contributed by atoms with Gasteiger partial charge in [0.25, 0.3) is 0 Å². The molecule has 1 aromatic heterocycles. The van der Waals surface area contributed by atoms with Gasteiger partial charge in [-0.25, -0.2) is 9.78 Å². The van der Waals surface area contributed by atoms with E-state index in [4.69, 9.17) is 9.47 Å². The van der Waals surface area contributed by atoms with Crippen LogP contribution in [0, 0.1) is 5.95 Å². The zero-order valence-corrected chi connectivity index (χ0v) is 9.49. The lowest BCUT2D eigenvalue weighted by Crippen LogP contribution is -2.27. The lowest BCUT2D eigenvalue weighted by atomic mass is 10.2. The van der Waals surface area contributed by atoms with Gasteiger partial charge in [-0.3, -0.25) is 0 Å². The third-order valence-corrected chi connectivity index (χ3v) is 1.48. The number of carbonyl (C=O) groups excluding carboxylic acids is 1. The van der Waals surface area contributed by atoms with Crippen LogP contribution in [-0.2, 0) is 9.53 Å². The van der Waals surface area contributed by atoms with Crippen molar-refractivity contribution in [3.05, 3.63) is 24.3 Å². The van der Waals surface area contributed by atoms with Crippen LogP contribution >= 0.6 is 0 Å². The zero-order chi connectivity index (χ0) is 12.2. The summed E-state index contributed by atoms with van der Waals surface area (Å²) >= 11 is 0. The third kappa shape index (κ3) is 4.72. The number of carbonyl (C=O) groups is 1. The van der Waals surface area contributed by atoms with Gasteiger partial charge < -0.3 is 9.47 Å². The van der Waals surface area contributed by atoms with Crippen molar-refractivity contribution in [2.75, 3.05) is 6.61 Å². The van der Waals surface area contributed by atoms with E-state index in [9.17, 15) is 9.18 Å². The topological polar surface area (TPSA) is 48.4 Å². The number of nitrogens with zero attached hydrogens (tertiary/aromatic N) is 1. The molecule has 0 aliphatic heterocycles. The van der Waals surface area contributed by atoms with Crippen LogP contribution in [0.3, 0.4) is 0 Å². The Bertz CT molecular complexity index is 356. The fourth-order valence-corrected chi connectivity index (χ4v) is 0.961. The Kier molecular flexibility index (Phi) is 3.82. The highest BCUT2D eigenvalue weighted by molar-refractivity contribution is 5.71. The number of ether oxygens (including phenoxy) is 2. The first-order chi connectivity index (χ1) is 7.37. The van der Waals surface area contributed by atoms with Gasteiger partial charge in [0.05, 0.1) is 6.20 Å². The van der Waals surface area contributed by atoms with Crippen molar-refractivity contribution in [3.8, 4) is 5.75 Å². The predicted octanol–water partition coefficient (Wildman–Crippen LogP) is 1.94. The molecule has 0 aromatic carbocycles. The number of halogens is 1. The van der Waals surface area contributed by atoms with Crippen LogP contribution in [0.4, 0.5) is 4.39 Å². The first-order valence-corrected chi connectivity index (χ1v) is 4.83. The van der Waals surface area contributed by atoms with E-state index < -0.39 is 17.5 Å². The van der Waals surface area contributed by atoms with Gasteiger partial charge in [-0.05, 0) is 32.9 Å². The fraction of sp³-hybridized carbons (Fsp3) is 0.455. The highest BCUT2D eigenvalue weighted by Gasteiger charge is 2.16. The van der Waals surface area contributed by atoms with Crippen molar-refractivity contribution in [1.29, 1.82) is 0 Å². The highest BCUT2D eigenvalue weighted by Crippen LogP contribution is 2.10. The molecule has 88 valence electrons. The Labute approximate surface area is 93.4 Å². The molecule has 16 heavy (non-hydrogen) atoms. The number of hydrogen-bond acceptors (Lipinski definition) is 4. The van der Waals surface area contributed by atoms with Gasteiger partial charge in [-0.1, -0.05) is 0 Å². The maximum atomic E-state index is 12.4. The van der Waals surface area contributed by atoms with Crippen molar-refractivity contribution in [3.63, 3.8) is 0 Å². The third-order valence-electron chi connectivity index (χ3n) is 1.48. The largest absolute Gasteiger partial charge is 0.480 e. The van der Waals surface area contributed by atoms with Gasteiger partial charge in [-0.2, -0.15) is 4.39 Å². The Morgan fingerprint density at radius 1 is 1.44 bits per heavy atom. The van der Waals surface area contributed by atoms with E-state index in [0.717, 1.165) is 6.07 Å². The summed E-state index contributed by atoms with van der Waals surface area (Å²) in [6, 6.07) is 2.55. The second-order valence-corrected chi connectivity index (χ2v) is 4.19. The van der Waals surface area contributed by atoms with Crippen molar-refractivity contribution in [2.24, 2.45) is 0 Å². The number of rotatable bonds is 3. The molecular formula is C11H14FNO3. The van der Waals surface area contributed by atoms with E-state index in [0.29, 0.717) is 5.75 Å². The van der Waals surface area contributed by atoms with E-state index >= 15 is 0 Å². The van der Waals surface area contributed by atoms with Gasteiger partial charge in [-0.15, -0.1) is 0 Å². The minimum absolute atomic E-state index is 0.218. The second kappa shape index (κ2) is 4.92. The van der Waals surface area contributed by atoms with Gasteiger partial charge in [0.2, 0.25) is 5.95 Å². The second-order valence-electron chi connectivity index (χ2n) is 4.19. The van der Waals surface area contributed by atoms with Gasteiger partial charge >= 0.3 is 5.97 Å².